The smallest absolute Gasteiger partial charge is 0.251 e. The van der Waals surface area contributed by atoms with E-state index in [1.165, 1.54) is 17.3 Å². The molecule has 6 nitrogen and oxygen atoms in total. The second-order valence-electron chi connectivity index (χ2n) is 8.00. The van der Waals surface area contributed by atoms with Crippen molar-refractivity contribution in [2.75, 3.05) is 31.1 Å². The minimum atomic E-state index is -0.544. The largest absolute Gasteiger partial charge is 0.369 e. The zero-order chi connectivity index (χ0) is 22.3. The molecule has 1 fully saturated rings. The third kappa shape index (κ3) is 5.34. The Morgan fingerprint density at radius 2 is 1.44 bits per heavy atom. The van der Waals surface area contributed by atoms with Crippen LogP contribution in [0.2, 0.25) is 0 Å². The third-order valence-electron chi connectivity index (χ3n) is 5.85. The quantitative estimate of drug-likeness (QED) is 0.606. The van der Waals surface area contributed by atoms with E-state index in [1.807, 2.05) is 18.2 Å². The molecule has 0 bridgehead atoms. The van der Waals surface area contributed by atoms with Crippen molar-refractivity contribution in [3.63, 3.8) is 0 Å². The SMILES string of the molecule is NC(=O)c1cccc(C(=O)NCc2ccccc2CN2CCN(c3ccccc3)CC2)c1. The maximum absolute atomic E-state index is 12.6. The number of amides is 2. The summed E-state index contributed by atoms with van der Waals surface area (Å²) in [6.45, 7) is 5.27. The van der Waals surface area contributed by atoms with E-state index >= 15 is 0 Å². The number of carbonyl (C=O) groups excluding carboxylic acids is 2. The van der Waals surface area contributed by atoms with Crippen molar-refractivity contribution in [2.24, 2.45) is 5.73 Å². The summed E-state index contributed by atoms with van der Waals surface area (Å²) in [6.07, 6.45) is 0. The van der Waals surface area contributed by atoms with Crippen molar-refractivity contribution in [2.45, 2.75) is 13.1 Å². The van der Waals surface area contributed by atoms with Gasteiger partial charge in [0.15, 0.2) is 0 Å². The number of hydrogen-bond acceptors (Lipinski definition) is 4. The molecule has 0 aliphatic carbocycles. The van der Waals surface area contributed by atoms with Crippen LogP contribution in [-0.4, -0.2) is 42.9 Å². The number of nitrogens with two attached hydrogens (primary N) is 1. The molecule has 1 aliphatic rings. The lowest BCUT2D eigenvalue weighted by Crippen LogP contribution is -2.46. The molecular formula is C26H28N4O2. The van der Waals surface area contributed by atoms with Gasteiger partial charge in [-0.25, -0.2) is 0 Å². The lowest BCUT2D eigenvalue weighted by molar-refractivity contribution is 0.0950. The van der Waals surface area contributed by atoms with E-state index in [4.69, 9.17) is 5.73 Å². The lowest BCUT2D eigenvalue weighted by Gasteiger charge is -2.36. The van der Waals surface area contributed by atoms with Gasteiger partial charge in [-0.2, -0.15) is 0 Å². The minimum Gasteiger partial charge on any atom is -0.369 e. The molecule has 0 spiro atoms. The van der Waals surface area contributed by atoms with Gasteiger partial charge in [0.25, 0.3) is 5.91 Å². The van der Waals surface area contributed by atoms with E-state index in [-0.39, 0.29) is 5.91 Å². The molecule has 1 heterocycles. The molecule has 0 radical (unpaired) electrons. The maximum Gasteiger partial charge on any atom is 0.251 e. The van der Waals surface area contributed by atoms with Crippen molar-refractivity contribution in [3.8, 4) is 0 Å². The first-order chi connectivity index (χ1) is 15.6. The molecule has 3 N–H and O–H groups in total. The normalized spacial score (nSPS) is 14.2. The summed E-state index contributed by atoms with van der Waals surface area (Å²) < 4.78 is 0. The molecule has 4 rings (SSSR count). The molecule has 32 heavy (non-hydrogen) atoms. The Bertz CT molecular complexity index is 1080. The van der Waals surface area contributed by atoms with Crippen LogP contribution >= 0.6 is 0 Å². The van der Waals surface area contributed by atoms with Crippen LogP contribution in [0.1, 0.15) is 31.8 Å². The fraction of sp³-hybridized carbons (Fsp3) is 0.231. The molecule has 1 saturated heterocycles. The fourth-order valence-electron chi connectivity index (χ4n) is 4.02. The molecular weight excluding hydrogens is 400 g/mol. The fourth-order valence-corrected chi connectivity index (χ4v) is 4.02. The molecule has 0 aromatic heterocycles. The summed E-state index contributed by atoms with van der Waals surface area (Å²) in [5, 5.41) is 2.97. The predicted octanol–water partition coefficient (Wildman–Crippen LogP) is 3.04. The maximum atomic E-state index is 12.6. The summed E-state index contributed by atoms with van der Waals surface area (Å²) in [7, 11) is 0. The number of piperazine rings is 1. The Hall–Kier alpha value is -3.64. The zero-order valence-corrected chi connectivity index (χ0v) is 18.0. The predicted molar refractivity (Wildman–Crippen MR) is 127 cm³/mol. The first-order valence-corrected chi connectivity index (χ1v) is 10.9. The number of carbonyl (C=O) groups is 2. The van der Waals surface area contributed by atoms with Gasteiger partial charge in [0.05, 0.1) is 0 Å². The number of primary amides is 1. The number of hydrogen-bond donors (Lipinski definition) is 2. The van der Waals surface area contributed by atoms with Gasteiger partial charge in [-0.05, 0) is 41.5 Å². The molecule has 0 unspecified atom stereocenters. The minimum absolute atomic E-state index is 0.223. The number of nitrogens with zero attached hydrogens (tertiary/aromatic N) is 2. The number of nitrogens with one attached hydrogen (secondary N) is 1. The van der Waals surface area contributed by atoms with Gasteiger partial charge < -0.3 is 16.0 Å². The van der Waals surface area contributed by atoms with Gasteiger partial charge in [0, 0.05) is 56.1 Å². The Labute approximate surface area is 188 Å². The van der Waals surface area contributed by atoms with Crippen LogP contribution in [0.25, 0.3) is 0 Å². The zero-order valence-electron chi connectivity index (χ0n) is 18.0. The van der Waals surface area contributed by atoms with E-state index in [9.17, 15) is 9.59 Å². The Morgan fingerprint density at radius 3 is 2.16 bits per heavy atom. The second-order valence-corrected chi connectivity index (χ2v) is 8.00. The van der Waals surface area contributed by atoms with Gasteiger partial charge in [-0.1, -0.05) is 48.5 Å². The monoisotopic (exact) mass is 428 g/mol. The van der Waals surface area contributed by atoms with E-state index < -0.39 is 5.91 Å². The Balaban J connectivity index is 1.35. The molecule has 0 saturated carbocycles. The van der Waals surface area contributed by atoms with Gasteiger partial charge in [0.2, 0.25) is 5.91 Å². The first-order valence-electron chi connectivity index (χ1n) is 10.9. The van der Waals surface area contributed by atoms with Gasteiger partial charge in [-0.3, -0.25) is 14.5 Å². The summed E-state index contributed by atoms with van der Waals surface area (Å²) >= 11 is 0. The average Bonchev–Trinajstić information content (AvgIpc) is 2.84. The standard InChI is InChI=1S/C26H28N4O2/c27-25(31)20-9-6-10-21(17-20)26(32)28-18-22-7-4-5-8-23(22)19-29-13-15-30(16-14-29)24-11-2-1-3-12-24/h1-12,17H,13-16,18-19H2,(H2,27,31)(H,28,32). The third-order valence-corrected chi connectivity index (χ3v) is 5.85. The molecule has 3 aromatic rings. The molecule has 0 atom stereocenters. The summed E-state index contributed by atoms with van der Waals surface area (Å²) in [4.78, 5) is 28.8. The highest BCUT2D eigenvalue weighted by Crippen LogP contribution is 2.18. The lowest BCUT2D eigenvalue weighted by atomic mass is 10.1. The second kappa shape index (κ2) is 10.1. The van der Waals surface area contributed by atoms with Crippen LogP contribution < -0.4 is 16.0 Å². The molecule has 3 aromatic carbocycles. The highest BCUT2D eigenvalue weighted by molar-refractivity contribution is 5.99. The number of para-hydroxylation sites is 1. The van der Waals surface area contributed by atoms with Crippen LogP contribution in [0.15, 0.2) is 78.9 Å². The highest BCUT2D eigenvalue weighted by atomic mass is 16.2. The van der Waals surface area contributed by atoms with Crippen molar-refractivity contribution >= 4 is 17.5 Å². The van der Waals surface area contributed by atoms with Crippen molar-refractivity contribution in [1.29, 1.82) is 0 Å². The molecule has 164 valence electrons. The van der Waals surface area contributed by atoms with Gasteiger partial charge >= 0.3 is 0 Å². The average molecular weight is 429 g/mol. The van der Waals surface area contributed by atoms with E-state index in [1.54, 1.807) is 18.2 Å². The molecule has 6 heteroatoms. The van der Waals surface area contributed by atoms with Crippen molar-refractivity contribution < 1.29 is 9.59 Å². The summed E-state index contributed by atoms with van der Waals surface area (Å²) in [5.41, 5.74) is 9.66. The van der Waals surface area contributed by atoms with Crippen LogP contribution in [0, 0.1) is 0 Å². The Kier molecular flexibility index (Phi) is 6.82. The van der Waals surface area contributed by atoms with Gasteiger partial charge in [-0.15, -0.1) is 0 Å². The first kappa shape index (κ1) is 21.6. The number of rotatable bonds is 7. The van der Waals surface area contributed by atoms with E-state index in [2.05, 4.69) is 51.5 Å². The van der Waals surface area contributed by atoms with Crippen molar-refractivity contribution in [3.05, 3.63) is 101 Å². The van der Waals surface area contributed by atoms with Crippen LogP contribution in [0.5, 0.6) is 0 Å². The van der Waals surface area contributed by atoms with Crippen LogP contribution in [0.3, 0.4) is 0 Å². The topological polar surface area (TPSA) is 78.7 Å². The van der Waals surface area contributed by atoms with Crippen LogP contribution in [-0.2, 0) is 13.1 Å². The summed E-state index contributed by atoms with van der Waals surface area (Å²) in [6, 6.07) is 25.2. The number of benzene rings is 3. The highest BCUT2D eigenvalue weighted by Gasteiger charge is 2.18. The van der Waals surface area contributed by atoms with E-state index in [0.717, 1.165) is 38.3 Å². The van der Waals surface area contributed by atoms with Crippen LogP contribution in [0.4, 0.5) is 5.69 Å². The Morgan fingerprint density at radius 1 is 0.781 bits per heavy atom. The molecule has 2 amide bonds. The molecule has 1 aliphatic heterocycles. The summed E-state index contributed by atoms with van der Waals surface area (Å²) in [5.74, 6) is -0.767. The van der Waals surface area contributed by atoms with E-state index in [0.29, 0.717) is 17.7 Å². The number of anilines is 1. The van der Waals surface area contributed by atoms with Gasteiger partial charge in [0.1, 0.15) is 0 Å². The van der Waals surface area contributed by atoms with Crippen molar-refractivity contribution in [1.82, 2.24) is 10.2 Å².